The normalized spacial score (nSPS) is 10.2. The summed E-state index contributed by atoms with van der Waals surface area (Å²) >= 11 is 5.94. The van der Waals surface area contributed by atoms with Crippen LogP contribution in [-0.4, -0.2) is 32.4 Å². The SMILES string of the molecule is COc1cc(/C=N\NC(=O)COc2ccccc2Cl)ccc1OCC#N. The average Bonchev–Trinajstić information content (AvgIpc) is 2.66. The summed E-state index contributed by atoms with van der Waals surface area (Å²) in [7, 11) is 1.49. The molecule has 8 heteroatoms. The molecule has 2 aromatic rings. The maximum Gasteiger partial charge on any atom is 0.277 e. The number of nitriles is 1. The fourth-order valence-electron chi connectivity index (χ4n) is 1.91. The maximum atomic E-state index is 11.7. The smallest absolute Gasteiger partial charge is 0.277 e. The van der Waals surface area contributed by atoms with Crippen molar-refractivity contribution in [3.8, 4) is 23.3 Å². The molecule has 0 saturated heterocycles. The predicted octanol–water partition coefficient (Wildman–Crippen LogP) is 2.78. The molecule has 26 heavy (non-hydrogen) atoms. The van der Waals surface area contributed by atoms with Gasteiger partial charge < -0.3 is 14.2 Å². The molecule has 0 heterocycles. The second kappa shape index (κ2) is 9.91. The van der Waals surface area contributed by atoms with Gasteiger partial charge in [-0.05, 0) is 35.9 Å². The predicted molar refractivity (Wildman–Crippen MR) is 96.8 cm³/mol. The topological polar surface area (TPSA) is 92.9 Å². The van der Waals surface area contributed by atoms with Crippen LogP contribution in [0.25, 0.3) is 0 Å². The van der Waals surface area contributed by atoms with Gasteiger partial charge in [-0.15, -0.1) is 0 Å². The number of benzene rings is 2. The first-order valence-corrected chi connectivity index (χ1v) is 7.89. The number of hydrazone groups is 1. The Hall–Kier alpha value is -3.24. The minimum Gasteiger partial charge on any atom is -0.493 e. The Morgan fingerprint density at radius 3 is 2.77 bits per heavy atom. The molecule has 0 unspecified atom stereocenters. The standard InChI is InChI=1S/C18H16ClN3O4/c1-24-17-10-13(6-7-16(17)25-9-8-20)11-21-22-18(23)12-26-15-5-3-2-4-14(15)19/h2-7,10-11H,9,12H2,1H3,(H,22,23)/b21-11-. The van der Waals surface area contributed by atoms with Crippen LogP contribution in [0, 0.1) is 11.3 Å². The van der Waals surface area contributed by atoms with E-state index in [1.807, 2.05) is 6.07 Å². The van der Waals surface area contributed by atoms with Gasteiger partial charge in [0.25, 0.3) is 5.91 Å². The molecule has 0 aliphatic heterocycles. The lowest BCUT2D eigenvalue weighted by Crippen LogP contribution is -2.24. The summed E-state index contributed by atoms with van der Waals surface area (Å²) in [6.45, 7) is -0.295. The number of nitrogens with zero attached hydrogens (tertiary/aromatic N) is 2. The van der Waals surface area contributed by atoms with E-state index in [0.717, 1.165) is 0 Å². The second-order valence-corrected chi connectivity index (χ2v) is 5.28. The van der Waals surface area contributed by atoms with Gasteiger partial charge in [0.15, 0.2) is 24.7 Å². The number of carbonyl (C=O) groups excluding carboxylic acids is 1. The molecule has 134 valence electrons. The van der Waals surface area contributed by atoms with Crippen LogP contribution < -0.4 is 19.6 Å². The van der Waals surface area contributed by atoms with E-state index in [1.54, 1.807) is 42.5 Å². The van der Waals surface area contributed by atoms with Crippen molar-refractivity contribution in [1.82, 2.24) is 5.43 Å². The van der Waals surface area contributed by atoms with E-state index in [-0.39, 0.29) is 13.2 Å². The van der Waals surface area contributed by atoms with Crippen LogP contribution >= 0.6 is 11.6 Å². The van der Waals surface area contributed by atoms with E-state index in [4.69, 9.17) is 31.1 Å². The summed E-state index contributed by atoms with van der Waals surface area (Å²) in [6.07, 6.45) is 1.45. The van der Waals surface area contributed by atoms with Crippen LogP contribution in [0.3, 0.4) is 0 Å². The third-order valence-corrected chi connectivity index (χ3v) is 3.39. The second-order valence-electron chi connectivity index (χ2n) is 4.87. The molecule has 0 radical (unpaired) electrons. The summed E-state index contributed by atoms with van der Waals surface area (Å²) in [5.41, 5.74) is 3.03. The molecule has 0 bridgehead atoms. The molecule has 0 aliphatic carbocycles. The van der Waals surface area contributed by atoms with Crippen LogP contribution in [0.5, 0.6) is 17.2 Å². The van der Waals surface area contributed by atoms with E-state index in [9.17, 15) is 4.79 Å². The van der Waals surface area contributed by atoms with Crippen molar-refractivity contribution < 1.29 is 19.0 Å². The monoisotopic (exact) mass is 373 g/mol. The van der Waals surface area contributed by atoms with E-state index >= 15 is 0 Å². The molecule has 0 spiro atoms. The zero-order valence-electron chi connectivity index (χ0n) is 13.9. The van der Waals surface area contributed by atoms with Crippen molar-refractivity contribution in [2.75, 3.05) is 20.3 Å². The highest BCUT2D eigenvalue weighted by molar-refractivity contribution is 6.32. The van der Waals surface area contributed by atoms with E-state index in [2.05, 4.69) is 10.5 Å². The minimum atomic E-state index is -0.429. The van der Waals surface area contributed by atoms with Crippen LogP contribution in [0.15, 0.2) is 47.6 Å². The van der Waals surface area contributed by atoms with Gasteiger partial charge in [0.1, 0.15) is 11.8 Å². The number of carbonyl (C=O) groups is 1. The highest BCUT2D eigenvalue weighted by Crippen LogP contribution is 2.27. The number of rotatable bonds is 8. The number of hydrogen-bond donors (Lipinski definition) is 1. The third-order valence-electron chi connectivity index (χ3n) is 3.08. The summed E-state index contributed by atoms with van der Waals surface area (Å²) in [4.78, 5) is 11.7. The van der Waals surface area contributed by atoms with Crippen molar-refractivity contribution in [2.24, 2.45) is 5.10 Å². The summed E-state index contributed by atoms with van der Waals surface area (Å²) < 4.78 is 15.7. The Bertz CT molecular complexity index is 833. The van der Waals surface area contributed by atoms with Gasteiger partial charge in [-0.2, -0.15) is 10.4 Å². The first-order valence-electron chi connectivity index (χ1n) is 7.51. The zero-order valence-corrected chi connectivity index (χ0v) is 14.7. The van der Waals surface area contributed by atoms with Crippen LogP contribution in [0.2, 0.25) is 5.02 Å². The first-order chi connectivity index (χ1) is 12.6. The number of amides is 1. The maximum absolute atomic E-state index is 11.7. The number of ether oxygens (including phenoxy) is 3. The van der Waals surface area contributed by atoms with Crippen molar-refractivity contribution in [3.05, 3.63) is 53.1 Å². The molecule has 0 atom stereocenters. The molecule has 2 aromatic carbocycles. The summed E-state index contributed by atoms with van der Waals surface area (Å²) in [5, 5.41) is 12.8. The number of methoxy groups -OCH3 is 1. The van der Waals surface area contributed by atoms with E-state index in [1.165, 1.54) is 13.3 Å². The Labute approximate surface area is 155 Å². The molecule has 7 nitrogen and oxygen atoms in total. The van der Waals surface area contributed by atoms with Crippen LogP contribution in [0.1, 0.15) is 5.56 Å². The minimum absolute atomic E-state index is 0.0781. The summed E-state index contributed by atoms with van der Waals surface area (Å²) in [6, 6.07) is 13.8. The zero-order chi connectivity index (χ0) is 18.8. The molecular weight excluding hydrogens is 358 g/mol. The fraction of sp³-hybridized carbons (Fsp3) is 0.167. The molecule has 1 amide bonds. The molecule has 0 saturated carbocycles. The Kier molecular flexibility index (Phi) is 7.28. The van der Waals surface area contributed by atoms with Gasteiger partial charge in [0, 0.05) is 0 Å². The number of halogens is 1. The van der Waals surface area contributed by atoms with Crippen LogP contribution in [-0.2, 0) is 4.79 Å². The van der Waals surface area contributed by atoms with Crippen molar-refractivity contribution in [2.45, 2.75) is 0 Å². The molecular formula is C18H16ClN3O4. The largest absolute Gasteiger partial charge is 0.493 e. The van der Waals surface area contributed by atoms with Gasteiger partial charge in [-0.1, -0.05) is 23.7 Å². The number of para-hydroxylation sites is 1. The van der Waals surface area contributed by atoms with Gasteiger partial charge in [-0.25, -0.2) is 5.43 Å². The lowest BCUT2D eigenvalue weighted by molar-refractivity contribution is -0.123. The highest BCUT2D eigenvalue weighted by atomic mass is 35.5. The van der Waals surface area contributed by atoms with Gasteiger partial charge >= 0.3 is 0 Å². The van der Waals surface area contributed by atoms with Crippen LogP contribution in [0.4, 0.5) is 0 Å². The van der Waals surface area contributed by atoms with Gasteiger partial charge in [0.2, 0.25) is 0 Å². The van der Waals surface area contributed by atoms with Crippen molar-refractivity contribution in [1.29, 1.82) is 5.26 Å². The molecule has 2 rings (SSSR count). The number of nitrogens with one attached hydrogen (secondary N) is 1. The third kappa shape index (κ3) is 5.69. The van der Waals surface area contributed by atoms with E-state index < -0.39 is 5.91 Å². The Balaban J connectivity index is 1.88. The molecule has 0 aliphatic rings. The van der Waals surface area contributed by atoms with Crippen molar-refractivity contribution >= 4 is 23.7 Å². The lowest BCUT2D eigenvalue weighted by atomic mass is 10.2. The highest BCUT2D eigenvalue weighted by Gasteiger charge is 2.06. The lowest BCUT2D eigenvalue weighted by Gasteiger charge is -2.08. The Morgan fingerprint density at radius 2 is 2.04 bits per heavy atom. The molecule has 0 aromatic heterocycles. The quantitative estimate of drug-likeness (QED) is 0.567. The Morgan fingerprint density at radius 1 is 1.23 bits per heavy atom. The first kappa shape index (κ1) is 19.1. The van der Waals surface area contributed by atoms with Gasteiger partial charge in [0.05, 0.1) is 18.3 Å². The fourth-order valence-corrected chi connectivity index (χ4v) is 2.10. The average molecular weight is 374 g/mol. The van der Waals surface area contributed by atoms with Crippen molar-refractivity contribution in [3.63, 3.8) is 0 Å². The molecule has 0 fully saturated rings. The van der Waals surface area contributed by atoms with Gasteiger partial charge in [-0.3, -0.25) is 4.79 Å². The summed E-state index contributed by atoms with van der Waals surface area (Å²) in [5.74, 6) is 0.897. The molecule has 1 N–H and O–H groups in total. The number of hydrogen-bond acceptors (Lipinski definition) is 6. The van der Waals surface area contributed by atoms with E-state index in [0.29, 0.717) is 27.8 Å².